The summed E-state index contributed by atoms with van der Waals surface area (Å²) in [5, 5.41) is 2.68. The third-order valence-electron chi connectivity index (χ3n) is 3.34. The molecule has 0 spiro atoms. The lowest BCUT2D eigenvalue weighted by Crippen LogP contribution is -2.29. The molecule has 2 aromatic rings. The fourth-order valence-electron chi connectivity index (χ4n) is 2.13. The lowest BCUT2D eigenvalue weighted by Gasteiger charge is -2.10. The molecule has 128 valence electrons. The maximum Gasteiger partial charge on any atom is 0.416 e. The maximum absolute atomic E-state index is 12.6. The van der Waals surface area contributed by atoms with Gasteiger partial charge in [-0.3, -0.25) is 4.79 Å². The molecule has 24 heavy (non-hydrogen) atoms. The minimum Gasteiger partial charge on any atom is -0.484 e. The molecule has 0 aliphatic heterocycles. The van der Waals surface area contributed by atoms with Gasteiger partial charge in [-0.25, -0.2) is 0 Å². The van der Waals surface area contributed by atoms with Crippen molar-refractivity contribution in [1.82, 2.24) is 5.32 Å². The van der Waals surface area contributed by atoms with Crippen LogP contribution in [0.5, 0.6) is 5.75 Å². The summed E-state index contributed by atoms with van der Waals surface area (Å²) in [7, 11) is 0. The van der Waals surface area contributed by atoms with Gasteiger partial charge in [0.25, 0.3) is 5.91 Å². The maximum atomic E-state index is 12.6. The van der Waals surface area contributed by atoms with Gasteiger partial charge in [-0.2, -0.15) is 13.2 Å². The first-order valence-corrected chi connectivity index (χ1v) is 7.56. The van der Waals surface area contributed by atoms with Crippen molar-refractivity contribution in [2.75, 3.05) is 13.2 Å². The van der Waals surface area contributed by atoms with Crippen LogP contribution in [0.3, 0.4) is 0 Å². The molecule has 0 fully saturated rings. The van der Waals surface area contributed by atoms with E-state index in [-0.39, 0.29) is 18.3 Å². The Morgan fingerprint density at radius 2 is 1.79 bits per heavy atom. The van der Waals surface area contributed by atoms with Crippen LogP contribution in [0.4, 0.5) is 13.2 Å². The molecule has 0 bridgehead atoms. The van der Waals surface area contributed by atoms with Crippen LogP contribution >= 0.6 is 0 Å². The predicted molar refractivity (Wildman–Crippen MR) is 84.7 cm³/mol. The number of amides is 1. The number of rotatable bonds is 7. The van der Waals surface area contributed by atoms with Crippen molar-refractivity contribution in [2.45, 2.75) is 19.0 Å². The zero-order chi connectivity index (χ0) is 17.4. The number of alkyl halides is 3. The van der Waals surface area contributed by atoms with Gasteiger partial charge in [0.05, 0.1) is 5.56 Å². The predicted octanol–water partition coefficient (Wildman–Crippen LogP) is 3.83. The van der Waals surface area contributed by atoms with Crippen LogP contribution in [-0.2, 0) is 17.4 Å². The smallest absolute Gasteiger partial charge is 0.416 e. The summed E-state index contributed by atoms with van der Waals surface area (Å²) in [6.07, 6.45) is -2.81. The van der Waals surface area contributed by atoms with Crippen LogP contribution in [0.15, 0.2) is 54.6 Å². The summed E-state index contributed by atoms with van der Waals surface area (Å²) in [5.74, 6) is -0.343. The van der Waals surface area contributed by atoms with Crippen LogP contribution in [0.25, 0.3) is 0 Å². The zero-order valence-electron chi connectivity index (χ0n) is 13.0. The topological polar surface area (TPSA) is 38.3 Å². The highest BCUT2D eigenvalue weighted by Gasteiger charge is 2.30. The number of carbonyl (C=O) groups excluding carboxylic acids is 1. The normalized spacial score (nSPS) is 11.1. The standard InChI is InChI=1S/C18H18F3NO2/c19-18(20,21)15-9-4-10-16(12-15)24-13-17(23)22-11-5-8-14-6-2-1-3-7-14/h1-4,6-7,9-10,12H,5,8,11,13H2,(H,22,23). The largest absolute Gasteiger partial charge is 0.484 e. The molecular formula is C18H18F3NO2. The zero-order valence-corrected chi connectivity index (χ0v) is 13.0. The lowest BCUT2D eigenvalue weighted by atomic mass is 10.1. The third kappa shape index (κ3) is 5.95. The number of hydrogen-bond donors (Lipinski definition) is 1. The van der Waals surface area contributed by atoms with Crippen LogP contribution in [0, 0.1) is 0 Å². The molecule has 0 atom stereocenters. The van der Waals surface area contributed by atoms with E-state index in [0.717, 1.165) is 25.0 Å². The molecule has 0 saturated carbocycles. The van der Waals surface area contributed by atoms with Crippen molar-refractivity contribution < 1.29 is 22.7 Å². The summed E-state index contributed by atoms with van der Waals surface area (Å²) in [6, 6.07) is 14.3. The second-order valence-corrected chi connectivity index (χ2v) is 5.25. The van der Waals surface area contributed by atoms with E-state index in [2.05, 4.69) is 5.32 Å². The number of carbonyl (C=O) groups is 1. The second kappa shape index (κ2) is 8.38. The van der Waals surface area contributed by atoms with Gasteiger partial charge in [0.15, 0.2) is 6.61 Å². The van der Waals surface area contributed by atoms with Gasteiger partial charge in [0.1, 0.15) is 5.75 Å². The van der Waals surface area contributed by atoms with Crippen molar-refractivity contribution in [3.8, 4) is 5.75 Å². The van der Waals surface area contributed by atoms with E-state index in [1.807, 2.05) is 30.3 Å². The summed E-state index contributed by atoms with van der Waals surface area (Å²) in [4.78, 5) is 11.7. The average Bonchev–Trinajstić information content (AvgIpc) is 2.57. The molecule has 0 aromatic heterocycles. The molecule has 2 aromatic carbocycles. The van der Waals surface area contributed by atoms with Crippen LogP contribution in [0.1, 0.15) is 17.5 Å². The Morgan fingerprint density at radius 1 is 1.04 bits per heavy atom. The van der Waals surface area contributed by atoms with Crippen LogP contribution in [-0.4, -0.2) is 19.1 Å². The Hall–Kier alpha value is -2.50. The molecular weight excluding hydrogens is 319 g/mol. The van der Waals surface area contributed by atoms with E-state index in [0.29, 0.717) is 6.54 Å². The second-order valence-electron chi connectivity index (χ2n) is 5.25. The van der Waals surface area contributed by atoms with Gasteiger partial charge in [-0.05, 0) is 36.6 Å². The Balaban J connectivity index is 1.70. The molecule has 0 radical (unpaired) electrons. The van der Waals surface area contributed by atoms with Crippen LogP contribution in [0.2, 0.25) is 0 Å². The van der Waals surface area contributed by atoms with Gasteiger partial charge >= 0.3 is 6.18 Å². The fourth-order valence-corrected chi connectivity index (χ4v) is 2.13. The van der Waals surface area contributed by atoms with Crippen molar-refractivity contribution in [2.24, 2.45) is 0 Å². The highest BCUT2D eigenvalue weighted by molar-refractivity contribution is 5.77. The average molecular weight is 337 g/mol. The highest BCUT2D eigenvalue weighted by atomic mass is 19.4. The van der Waals surface area contributed by atoms with Gasteiger partial charge < -0.3 is 10.1 Å². The first-order valence-electron chi connectivity index (χ1n) is 7.56. The number of ether oxygens (including phenoxy) is 1. The minimum absolute atomic E-state index is 0.0178. The third-order valence-corrected chi connectivity index (χ3v) is 3.34. The molecule has 0 aliphatic rings. The Labute approximate surface area is 138 Å². The molecule has 1 amide bonds. The van der Waals surface area contributed by atoms with E-state index in [1.54, 1.807) is 0 Å². The van der Waals surface area contributed by atoms with Gasteiger partial charge in [0.2, 0.25) is 0 Å². The number of nitrogens with one attached hydrogen (secondary N) is 1. The molecule has 1 N–H and O–H groups in total. The van der Waals surface area contributed by atoms with Crippen molar-refractivity contribution in [3.63, 3.8) is 0 Å². The SMILES string of the molecule is O=C(COc1cccc(C(F)(F)F)c1)NCCCc1ccccc1. The Kier molecular flexibility index (Phi) is 6.23. The van der Waals surface area contributed by atoms with Gasteiger partial charge in [0, 0.05) is 6.54 Å². The molecule has 0 unspecified atom stereocenters. The first kappa shape index (κ1) is 17.8. The van der Waals surface area contributed by atoms with Crippen molar-refractivity contribution in [3.05, 3.63) is 65.7 Å². The Bertz CT molecular complexity index is 657. The number of aryl methyl sites for hydroxylation is 1. The fraction of sp³-hybridized carbons (Fsp3) is 0.278. The van der Waals surface area contributed by atoms with Crippen molar-refractivity contribution >= 4 is 5.91 Å². The van der Waals surface area contributed by atoms with E-state index in [1.165, 1.54) is 17.7 Å². The monoisotopic (exact) mass is 337 g/mol. The number of benzene rings is 2. The lowest BCUT2D eigenvalue weighted by molar-refractivity contribution is -0.137. The quantitative estimate of drug-likeness (QED) is 0.780. The van der Waals surface area contributed by atoms with Gasteiger partial charge in [-0.1, -0.05) is 36.4 Å². The first-order chi connectivity index (χ1) is 11.4. The highest BCUT2D eigenvalue weighted by Crippen LogP contribution is 2.31. The molecule has 6 heteroatoms. The number of halogens is 3. The van der Waals surface area contributed by atoms with E-state index >= 15 is 0 Å². The molecule has 0 heterocycles. The molecule has 0 aliphatic carbocycles. The van der Waals surface area contributed by atoms with E-state index < -0.39 is 11.7 Å². The van der Waals surface area contributed by atoms with E-state index in [4.69, 9.17) is 4.74 Å². The summed E-state index contributed by atoms with van der Waals surface area (Å²) < 4.78 is 42.8. The van der Waals surface area contributed by atoms with Crippen LogP contribution < -0.4 is 10.1 Å². The van der Waals surface area contributed by atoms with Crippen molar-refractivity contribution in [1.29, 1.82) is 0 Å². The molecule has 2 rings (SSSR count). The molecule has 3 nitrogen and oxygen atoms in total. The van der Waals surface area contributed by atoms with E-state index in [9.17, 15) is 18.0 Å². The minimum atomic E-state index is -4.43. The van der Waals surface area contributed by atoms with Gasteiger partial charge in [-0.15, -0.1) is 0 Å². The summed E-state index contributed by atoms with van der Waals surface area (Å²) in [5.41, 5.74) is 0.384. The Morgan fingerprint density at radius 3 is 2.50 bits per heavy atom. The number of hydrogen-bond acceptors (Lipinski definition) is 2. The summed E-state index contributed by atoms with van der Waals surface area (Å²) in [6.45, 7) is 0.173. The summed E-state index contributed by atoms with van der Waals surface area (Å²) >= 11 is 0. The molecule has 0 saturated heterocycles.